The molecule has 0 atom stereocenters. The number of ether oxygens (including phenoxy) is 3. The normalized spacial score (nSPS) is 12.2. The predicted octanol–water partition coefficient (Wildman–Crippen LogP) is 5.63. The number of halogens is 1. The quantitative estimate of drug-likeness (QED) is 0.405. The Labute approximate surface area is 179 Å². The number of thiazole rings is 1. The monoisotopic (exact) mass is 449 g/mol. The number of hydrogen-bond donors (Lipinski definition) is 0. The van der Waals surface area contributed by atoms with Gasteiger partial charge in [-0.05, 0) is 62.3 Å². The molecule has 164 valence electrons. The van der Waals surface area contributed by atoms with Gasteiger partial charge in [0.15, 0.2) is 0 Å². The molecule has 1 aromatic heterocycles. The van der Waals surface area contributed by atoms with E-state index in [1.165, 1.54) is 5.38 Å². The second-order valence-electron chi connectivity index (χ2n) is 9.02. The zero-order valence-electron chi connectivity index (χ0n) is 18.2. The van der Waals surface area contributed by atoms with E-state index in [9.17, 15) is 14.4 Å². The lowest BCUT2D eigenvalue weighted by Gasteiger charge is -2.34. The molecule has 9 nitrogen and oxygen atoms in total. The van der Waals surface area contributed by atoms with E-state index in [4.69, 9.17) is 25.8 Å². The van der Waals surface area contributed by atoms with Gasteiger partial charge in [0.2, 0.25) is 5.13 Å². The van der Waals surface area contributed by atoms with Gasteiger partial charge in [-0.15, -0.1) is 21.4 Å². The molecule has 0 fully saturated rings. The average Bonchev–Trinajstić information content (AvgIpc) is 2.84. The number of carbonyl (C=O) groups is 3. The minimum atomic E-state index is -1.14. The van der Waals surface area contributed by atoms with Crippen LogP contribution in [0, 0.1) is 0 Å². The highest BCUT2D eigenvalue weighted by Gasteiger charge is 2.42. The second-order valence-corrected chi connectivity index (χ2v) is 10.2. The Hall–Kier alpha value is -2.07. The van der Waals surface area contributed by atoms with Crippen LogP contribution in [0.15, 0.2) is 5.38 Å². The number of carbonyl (C=O) groups excluding carboxylic acids is 3. The summed E-state index contributed by atoms with van der Waals surface area (Å²) in [6.45, 7) is 14.7. The summed E-state index contributed by atoms with van der Waals surface area (Å²) in [5.74, 6) is 0. The summed E-state index contributed by atoms with van der Waals surface area (Å²) in [4.78, 5) is 42.7. The molecule has 0 aliphatic rings. The number of rotatable bonds is 1. The van der Waals surface area contributed by atoms with Crippen LogP contribution in [0.1, 0.15) is 62.3 Å². The van der Waals surface area contributed by atoms with E-state index >= 15 is 0 Å². The summed E-state index contributed by atoms with van der Waals surface area (Å²) < 4.78 is 16.0. The Balaban J connectivity index is 3.50. The molecule has 0 unspecified atom stereocenters. The maximum atomic E-state index is 12.9. The highest BCUT2D eigenvalue weighted by molar-refractivity contribution is 7.14. The molecule has 1 aromatic rings. The Morgan fingerprint density at radius 3 is 1.52 bits per heavy atom. The first kappa shape index (κ1) is 25.0. The van der Waals surface area contributed by atoms with Crippen LogP contribution < -0.4 is 5.01 Å². The van der Waals surface area contributed by atoms with Gasteiger partial charge in [-0.2, -0.15) is 0 Å². The number of amides is 3. The fourth-order valence-corrected chi connectivity index (χ4v) is 2.67. The number of imide groups is 1. The molecular formula is C18H28ClN3O6S. The summed E-state index contributed by atoms with van der Waals surface area (Å²) in [7, 11) is 0. The minimum Gasteiger partial charge on any atom is -0.442 e. The van der Waals surface area contributed by atoms with Crippen LogP contribution in [-0.4, -0.2) is 45.1 Å². The molecule has 0 bridgehead atoms. The first-order valence-electron chi connectivity index (χ1n) is 8.80. The number of anilines is 1. The van der Waals surface area contributed by atoms with Crippen LogP contribution in [0.2, 0.25) is 5.15 Å². The highest BCUT2D eigenvalue weighted by atomic mass is 35.5. The van der Waals surface area contributed by atoms with Crippen molar-refractivity contribution >= 4 is 46.3 Å². The zero-order chi connectivity index (χ0) is 22.8. The maximum Gasteiger partial charge on any atom is 0.440 e. The molecule has 0 radical (unpaired) electrons. The van der Waals surface area contributed by atoms with Crippen molar-refractivity contribution in [1.29, 1.82) is 0 Å². The van der Waals surface area contributed by atoms with Crippen molar-refractivity contribution in [1.82, 2.24) is 9.99 Å². The van der Waals surface area contributed by atoms with Gasteiger partial charge in [0.05, 0.1) is 0 Å². The number of nitrogens with zero attached hydrogens (tertiary/aromatic N) is 3. The fourth-order valence-electron chi connectivity index (χ4n) is 1.74. The summed E-state index contributed by atoms with van der Waals surface area (Å²) in [6, 6.07) is 0. The molecule has 11 heteroatoms. The molecule has 0 spiro atoms. The third-order valence-corrected chi connectivity index (χ3v) is 3.68. The molecule has 0 aliphatic heterocycles. The van der Waals surface area contributed by atoms with Crippen molar-refractivity contribution in [3.05, 3.63) is 10.5 Å². The van der Waals surface area contributed by atoms with Gasteiger partial charge in [0, 0.05) is 5.38 Å². The van der Waals surface area contributed by atoms with E-state index in [0.717, 1.165) is 11.3 Å². The lowest BCUT2D eigenvalue weighted by atomic mass is 10.2. The Morgan fingerprint density at radius 1 is 0.828 bits per heavy atom. The molecule has 1 rings (SSSR count). The van der Waals surface area contributed by atoms with Crippen molar-refractivity contribution in [3.63, 3.8) is 0 Å². The van der Waals surface area contributed by atoms with Crippen LogP contribution in [0.25, 0.3) is 0 Å². The van der Waals surface area contributed by atoms with E-state index in [0.29, 0.717) is 10.0 Å². The van der Waals surface area contributed by atoms with E-state index in [1.54, 1.807) is 62.3 Å². The van der Waals surface area contributed by atoms with E-state index in [-0.39, 0.29) is 10.3 Å². The summed E-state index contributed by atoms with van der Waals surface area (Å²) in [5, 5.41) is 2.52. The third kappa shape index (κ3) is 8.45. The summed E-state index contributed by atoms with van der Waals surface area (Å²) in [6.07, 6.45) is -3.30. The molecular weight excluding hydrogens is 422 g/mol. The molecule has 0 aromatic carbocycles. The lowest BCUT2D eigenvalue weighted by Crippen LogP contribution is -2.56. The van der Waals surface area contributed by atoms with Crippen LogP contribution in [0.4, 0.5) is 19.5 Å². The Kier molecular flexibility index (Phi) is 7.53. The van der Waals surface area contributed by atoms with Crippen LogP contribution in [0.5, 0.6) is 0 Å². The summed E-state index contributed by atoms with van der Waals surface area (Å²) in [5.41, 5.74) is -2.81. The van der Waals surface area contributed by atoms with Gasteiger partial charge in [-0.1, -0.05) is 11.6 Å². The van der Waals surface area contributed by atoms with Gasteiger partial charge in [-0.25, -0.2) is 19.4 Å². The van der Waals surface area contributed by atoms with E-state index in [2.05, 4.69) is 4.98 Å². The molecule has 29 heavy (non-hydrogen) atoms. The Bertz CT molecular complexity index is 733. The zero-order valence-corrected chi connectivity index (χ0v) is 19.7. The largest absolute Gasteiger partial charge is 0.442 e. The van der Waals surface area contributed by atoms with Crippen molar-refractivity contribution in [2.24, 2.45) is 0 Å². The molecule has 0 saturated carbocycles. The number of hydrogen-bond acceptors (Lipinski definition) is 8. The molecule has 1 heterocycles. The molecule has 0 saturated heterocycles. The molecule has 0 N–H and O–H groups in total. The smallest absolute Gasteiger partial charge is 0.440 e. The van der Waals surface area contributed by atoms with Crippen molar-refractivity contribution in [3.8, 4) is 0 Å². The van der Waals surface area contributed by atoms with Gasteiger partial charge >= 0.3 is 18.3 Å². The van der Waals surface area contributed by atoms with Gasteiger partial charge < -0.3 is 14.2 Å². The average molecular weight is 450 g/mol. The van der Waals surface area contributed by atoms with Crippen LogP contribution in [0.3, 0.4) is 0 Å². The predicted molar refractivity (Wildman–Crippen MR) is 110 cm³/mol. The van der Waals surface area contributed by atoms with Crippen molar-refractivity contribution in [2.45, 2.75) is 79.1 Å². The maximum absolute atomic E-state index is 12.9. The van der Waals surface area contributed by atoms with Crippen LogP contribution in [-0.2, 0) is 14.2 Å². The van der Waals surface area contributed by atoms with Crippen LogP contribution >= 0.6 is 22.9 Å². The molecule has 3 amide bonds. The van der Waals surface area contributed by atoms with E-state index < -0.39 is 35.1 Å². The third-order valence-electron chi connectivity index (χ3n) is 2.54. The van der Waals surface area contributed by atoms with Crippen molar-refractivity contribution in [2.75, 3.05) is 5.01 Å². The number of aromatic nitrogens is 1. The molecule has 0 aliphatic carbocycles. The van der Waals surface area contributed by atoms with Gasteiger partial charge in [0.25, 0.3) is 0 Å². The highest BCUT2D eigenvalue weighted by Crippen LogP contribution is 2.29. The number of hydrazine groups is 1. The first-order valence-corrected chi connectivity index (χ1v) is 10.1. The first-order chi connectivity index (χ1) is 12.9. The second kappa shape index (κ2) is 8.74. The standard InChI is InChI=1S/C18H28ClN3O6S/c1-16(2,3)26-13(23)21(12-20-11(19)10-29-12)22(14(24)27-17(4,5)6)15(25)28-18(7,8)9/h10H,1-9H3. The Morgan fingerprint density at radius 2 is 1.21 bits per heavy atom. The SMILES string of the molecule is CC(C)(C)OC(=O)N(C(=O)OC(C)(C)C)N(C(=O)OC(C)(C)C)c1nc(Cl)cs1. The summed E-state index contributed by atoms with van der Waals surface area (Å²) >= 11 is 6.82. The van der Waals surface area contributed by atoms with E-state index in [1.807, 2.05) is 0 Å². The van der Waals surface area contributed by atoms with Gasteiger partial charge in [0.1, 0.15) is 22.0 Å². The van der Waals surface area contributed by atoms with Crippen molar-refractivity contribution < 1.29 is 28.6 Å². The van der Waals surface area contributed by atoms with Gasteiger partial charge in [-0.3, -0.25) is 0 Å². The topological polar surface area (TPSA) is 98.3 Å². The minimum absolute atomic E-state index is 0.0685. The lowest BCUT2D eigenvalue weighted by molar-refractivity contribution is -0.00668. The fraction of sp³-hybridized carbons (Fsp3) is 0.667.